The van der Waals surface area contributed by atoms with Gasteiger partial charge in [-0.3, -0.25) is 4.79 Å². The molecule has 0 unspecified atom stereocenters. The van der Waals surface area contributed by atoms with Crippen LogP contribution in [0, 0.1) is 0 Å². The fraction of sp³-hybridized carbons (Fsp3) is 0.133. The molecule has 0 aliphatic carbocycles. The Kier molecular flexibility index (Phi) is 6.30. The Bertz CT molecular complexity index is 673. The fourth-order valence-electron chi connectivity index (χ4n) is 1.90. The second-order valence-electron chi connectivity index (χ2n) is 4.80. The van der Waals surface area contributed by atoms with Gasteiger partial charge in [0.1, 0.15) is 0 Å². The second kappa shape index (κ2) is 8.22. The Morgan fingerprint density at radius 3 is 2.39 bits per heavy atom. The van der Waals surface area contributed by atoms with Gasteiger partial charge in [-0.15, -0.1) is 0 Å². The zero-order chi connectivity index (χ0) is 16.8. The monoisotopic (exact) mass is 352 g/mol. The number of phenols is 1. The molecular formula is C15H15BCl2N2O3. The van der Waals surface area contributed by atoms with Gasteiger partial charge in [0.25, 0.3) is 5.91 Å². The highest BCUT2D eigenvalue weighted by molar-refractivity contribution is 6.37. The summed E-state index contributed by atoms with van der Waals surface area (Å²) in [6.07, 6.45) is 0. The van der Waals surface area contributed by atoms with E-state index < -0.39 is 0 Å². The van der Waals surface area contributed by atoms with Crippen molar-refractivity contribution in [3.8, 4) is 5.75 Å². The number of benzene rings is 2. The average molecular weight is 353 g/mol. The van der Waals surface area contributed by atoms with Gasteiger partial charge in [0, 0.05) is 24.9 Å². The van der Waals surface area contributed by atoms with Crippen LogP contribution in [0.5, 0.6) is 5.75 Å². The molecule has 0 atom stereocenters. The second-order valence-corrected chi connectivity index (χ2v) is 5.61. The van der Waals surface area contributed by atoms with Gasteiger partial charge in [0.15, 0.2) is 5.75 Å². The van der Waals surface area contributed by atoms with Crippen LogP contribution < -0.4 is 10.5 Å². The zero-order valence-electron chi connectivity index (χ0n) is 12.4. The molecule has 1 amide bonds. The van der Waals surface area contributed by atoms with E-state index in [1.165, 1.54) is 12.1 Å². The van der Waals surface area contributed by atoms with Gasteiger partial charge in [-0.05, 0) is 29.8 Å². The van der Waals surface area contributed by atoms with Crippen molar-refractivity contribution < 1.29 is 14.6 Å². The molecule has 0 aliphatic heterocycles. The van der Waals surface area contributed by atoms with Crippen molar-refractivity contribution in [1.29, 1.82) is 0 Å². The third kappa shape index (κ3) is 4.87. The lowest BCUT2D eigenvalue weighted by Gasteiger charge is -2.08. The van der Waals surface area contributed by atoms with Crippen molar-refractivity contribution in [3.63, 3.8) is 0 Å². The molecule has 0 aromatic heterocycles. The van der Waals surface area contributed by atoms with Crippen LogP contribution in [0.2, 0.25) is 10.0 Å². The molecule has 0 aliphatic rings. The Morgan fingerprint density at radius 2 is 1.83 bits per heavy atom. The molecule has 0 radical (unpaired) electrons. The summed E-state index contributed by atoms with van der Waals surface area (Å²) in [6, 6.07) is 10.1. The highest BCUT2D eigenvalue weighted by Crippen LogP contribution is 2.32. The number of amides is 1. The number of carbonyl (C=O) groups is 1. The molecule has 0 heterocycles. The maximum absolute atomic E-state index is 12.2. The van der Waals surface area contributed by atoms with Crippen LogP contribution in [0.3, 0.4) is 0 Å². The first-order valence-electron chi connectivity index (χ1n) is 6.79. The summed E-state index contributed by atoms with van der Waals surface area (Å²) in [5.41, 5.74) is 1.98. The van der Waals surface area contributed by atoms with E-state index in [0.29, 0.717) is 19.8 Å². The van der Waals surface area contributed by atoms with Crippen LogP contribution in [-0.2, 0) is 11.2 Å². The lowest BCUT2D eigenvalue weighted by Crippen LogP contribution is -2.20. The van der Waals surface area contributed by atoms with Gasteiger partial charge in [0.05, 0.1) is 10.0 Å². The molecule has 120 valence electrons. The Balaban J connectivity index is 2.03. The molecule has 2 aromatic rings. The molecule has 8 heteroatoms. The summed E-state index contributed by atoms with van der Waals surface area (Å²) in [4.78, 5) is 12.2. The summed E-state index contributed by atoms with van der Waals surface area (Å²) in [6.45, 7) is 0.672. The molecule has 3 N–H and O–H groups in total. The summed E-state index contributed by atoms with van der Waals surface area (Å²) < 4.78 is 4.91. The van der Waals surface area contributed by atoms with E-state index in [0.717, 1.165) is 5.56 Å². The van der Waals surface area contributed by atoms with Crippen molar-refractivity contribution in [2.24, 2.45) is 0 Å². The Morgan fingerprint density at radius 1 is 1.22 bits per heavy atom. The Labute approximate surface area is 144 Å². The lowest BCUT2D eigenvalue weighted by molar-refractivity contribution is 0.102. The first-order valence-corrected chi connectivity index (χ1v) is 7.55. The van der Waals surface area contributed by atoms with Crippen LogP contribution in [0.15, 0.2) is 36.4 Å². The largest absolute Gasteiger partial charge is 0.505 e. The predicted octanol–water partition coefficient (Wildman–Crippen LogP) is 2.95. The molecule has 0 spiro atoms. The van der Waals surface area contributed by atoms with Crippen LogP contribution in [-0.4, -0.2) is 25.7 Å². The first-order chi connectivity index (χ1) is 11.0. The molecule has 0 bridgehead atoms. The third-order valence-corrected chi connectivity index (χ3v) is 3.64. The molecule has 23 heavy (non-hydrogen) atoms. The molecule has 2 rings (SSSR count). The average Bonchev–Trinajstić information content (AvgIpc) is 2.54. The van der Waals surface area contributed by atoms with E-state index in [-0.39, 0.29) is 27.3 Å². The maximum atomic E-state index is 12.2. The number of hydrogen-bond acceptors (Lipinski definition) is 4. The minimum Gasteiger partial charge on any atom is -0.505 e. The number of nitrogens with one attached hydrogen (secondary N) is 2. The molecule has 5 nitrogen and oxygen atoms in total. The van der Waals surface area contributed by atoms with Crippen LogP contribution in [0.25, 0.3) is 0 Å². The van der Waals surface area contributed by atoms with Crippen LogP contribution in [0.1, 0.15) is 15.9 Å². The van der Waals surface area contributed by atoms with Crippen molar-refractivity contribution in [1.82, 2.24) is 5.23 Å². The van der Waals surface area contributed by atoms with Crippen LogP contribution in [0.4, 0.5) is 5.69 Å². The molecule has 0 fully saturated rings. The van der Waals surface area contributed by atoms with Crippen molar-refractivity contribution in [2.45, 2.75) is 6.54 Å². The summed E-state index contributed by atoms with van der Waals surface area (Å²) in [5, 5.41) is 15.4. The van der Waals surface area contributed by atoms with E-state index in [1.807, 2.05) is 12.1 Å². The van der Waals surface area contributed by atoms with Gasteiger partial charge in [-0.1, -0.05) is 35.3 Å². The summed E-state index contributed by atoms with van der Waals surface area (Å²) in [5.74, 6) is -0.600. The number of aromatic hydroxyl groups is 1. The normalized spacial score (nSPS) is 10.4. The quantitative estimate of drug-likeness (QED) is 0.552. The summed E-state index contributed by atoms with van der Waals surface area (Å²) in [7, 11) is 2.09. The third-order valence-electron chi connectivity index (χ3n) is 3.07. The molecule has 0 saturated heterocycles. The highest BCUT2D eigenvalue weighted by atomic mass is 35.5. The SMILES string of the molecule is COBNCc1ccc(NC(=O)c2cc(Cl)c(O)c(Cl)c2)cc1. The maximum Gasteiger partial charge on any atom is 0.360 e. The van der Waals surface area contributed by atoms with E-state index >= 15 is 0 Å². The minimum atomic E-state index is -0.362. The van der Waals surface area contributed by atoms with Gasteiger partial charge >= 0.3 is 7.62 Å². The highest BCUT2D eigenvalue weighted by Gasteiger charge is 2.12. The first kappa shape index (κ1) is 17.6. The minimum absolute atomic E-state index is 0.0298. The fourth-order valence-corrected chi connectivity index (χ4v) is 2.39. The number of phenolic OH excluding ortho intramolecular Hbond substituents is 1. The van der Waals surface area contributed by atoms with E-state index in [4.69, 9.17) is 27.9 Å². The van der Waals surface area contributed by atoms with E-state index in [2.05, 4.69) is 10.5 Å². The van der Waals surface area contributed by atoms with Gasteiger partial charge in [-0.2, -0.15) is 0 Å². The molecule has 2 aromatic carbocycles. The number of halogens is 2. The van der Waals surface area contributed by atoms with Gasteiger partial charge in [-0.25, -0.2) is 0 Å². The number of anilines is 1. The molecule has 0 saturated carbocycles. The topological polar surface area (TPSA) is 70.6 Å². The van der Waals surface area contributed by atoms with E-state index in [9.17, 15) is 9.90 Å². The van der Waals surface area contributed by atoms with Gasteiger partial charge in [0.2, 0.25) is 0 Å². The van der Waals surface area contributed by atoms with Crippen molar-refractivity contribution in [2.75, 3.05) is 12.4 Å². The predicted molar refractivity (Wildman–Crippen MR) is 93.5 cm³/mol. The van der Waals surface area contributed by atoms with Gasteiger partial charge < -0.3 is 20.3 Å². The van der Waals surface area contributed by atoms with E-state index in [1.54, 1.807) is 19.2 Å². The number of carbonyl (C=O) groups excluding carboxylic acids is 1. The van der Waals surface area contributed by atoms with Crippen molar-refractivity contribution >= 4 is 42.4 Å². The lowest BCUT2D eigenvalue weighted by atomic mass is 10.1. The zero-order valence-corrected chi connectivity index (χ0v) is 13.9. The number of rotatable bonds is 6. The molecular weight excluding hydrogens is 338 g/mol. The number of hydrogen-bond donors (Lipinski definition) is 3. The van der Waals surface area contributed by atoms with Crippen LogP contribution >= 0.6 is 23.2 Å². The standard InChI is InChI=1S/C15H15BCl2N2O3/c1-23-16-19-8-9-2-4-11(5-3-9)20-15(22)10-6-12(17)14(21)13(18)7-10/h2-7,16,19,21H,8H2,1H3,(H,20,22). The smallest absolute Gasteiger partial charge is 0.360 e. The van der Waals surface area contributed by atoms with Crippen molar-refractivity contribution in [3.05, 3.63) is 57.6 Å². The summed E-state index contributed by atoms with van der Waals surface area (Å²) >= 11 is 11.6. The Hall–Kier alpha value is -1.73.